The zero-order chi connectivity index (χ0) is 19.0. The van der Waals surface area contributed by atoms with Gasteiger partial charge in [-0.2, -0.15) is 0 Å². The highest BCUT2D eigenvalue weighted by molar-refractivity contribution is 14.1. The number of aryl methyl sites for hydroxylation is 1. The second-order valence-electron chi connectivity index (χ2n) is 6.55. The highest BCUT2D eigenvalue weighted by Gasteiger charge is 2.24. The van der Waals surface area contributed by atoms with Gasteiger partial charge in [-0.3, -0.25) is 9.63 Å². The number of carbonyl (C=O) groups is 1. The summed E-state index contributed by atoms with van der Waals surface area (Å²) in [6.07, 6.45) is 2.28. The third-order valence-corrected chi connectivity index (χ3v) is 5.97. The smallest absolute Gasteiger partial charge is 0.278 e. The molecule has 1 aromatic carbocycles. The van der Waals surface area contributed by atoms with Gasteiger partial charge < -0.3 is 5.32 Å². The van der Waals surface area contributed by atoms with E-state index in [1.54, 1.807) is 12.1 Å². The molecule has 27 heavy (non-hydrogen) atoms. The summed E-state index contributed by atoms with van der Waals surface area (Å²) >= 11 is 3.37. The van der Waals surface area contributed by atoms with Crippen LogP contribution in [0.5, 0.6) is 0 Å². The molecule has 0 unspecified atom stereocenters. The summed E-state index contributed by atoms with van der Waals surface area (Å²) in [7, 11) is 0. The third kappa shape index (κ3) is 4.22. The lowest BCUT2D eigenvalue weighted by Crippen LogP contribution is -2.25. The van der Waals surface area contributed by atoms with Crippen molar-refractivity contribution in [2.45, 2.75) is 19.8 Å². The van der Waals surface area contributed by atoms with Gasteiger partial charge in [-0.25, -0.2) is 14.9 Å². The molecule has 2 heterocycles. The van der Waals surface area contributed by atoms with E-state index in [4.69, 9.17) is 4.84 Å². The summed E-state index contributed by atoms with van der Waals surface area (Å²) in [5.74, 6) is -0.201. The molecular weight excluding hydrogens is 480 g/mol. The SMILES string of the molecule is Cc1ccc2c(C(=O)NOCC3CC3)c(Nc3ccc(I)cc3F)sc2n1. The van der Waals surface area contributed by atoms with Gasteiger partial charge in [0.1, 0.15) is 15.6 Å². The first-order chi connectivity index (χ1) is 13.0. The second-order valence-corrected chi connectivity index (χ2v) is 8.79. The van der Waals surface area contributed by atoms with Crippen LogP contribution in [0.3, 0.4) is 0 Å². The predicted molar refractivity (Wildman–Crippen MR) is 113 cm³/mol. The number of anilines is 2. The van der Waals surface area contributed by atoms with Gasteiger partial charge in [-0.05, 0) is 78.6 Å². The van der Waals surface area contributed by atoms with E-state index in [9.17, 15) is 9.18 Å². The topological polar surface area (TPSA) is 63.2 Å². The zero-order valence-electron chi connectivity index (χ0n) is 14.5. The van der Waals surface area contributed by atoms with Crippen molar-refractivity contribution in [1.82, 2.24) is 10.5 Å². The Labute approximate surface area is 173 Å². The van der Waals surface area contributed by atoms with Gasteiger partial charge in [0.25, 0.3) is 5.91 Å². The lowest BCUT2D eigenvalue weighted by atomic mass is 10.2. The van der Waals surface area contributed by atoms with Crippen LogP contribution in [0.15, 0.2) is 30.3 Å². The van der Waals surface area contributed by atoms with Crippen molar-refractivity contribution >= 4 is 60.7 Å². The average Bonchev–Trinajstić information content (AvgIpc) is 3.37. The van der Waals surface area contributed by atoms with E-state index in [1.165, 1.54) is 17.4 Å². The molecule has 4 rings (SSSR count). The van der Waals surface area contributed by atoms with Crippen LogP contribution in [0.25, 0.3) is 10.2 Å². The first-order valence-electron chi connectivity index (χ1n) is 8.55. The minimum absolute atomic E-state index is 0.312. The maximum absolute atomic E-state index is 14.3. The Bertz CT molecular complexity index is 1020. The van der Waals surface area contributed by atoms with E-state index in [1.807, 2.05) is 19.1 Å². The number of amides is 1. The fourth-order valence-corrected chi connectivity index (χ4v) is 4.24. The van der Waals surface area contributed by atoms with Crippen molar-refractivity contribution in [1.29, 1.82) is 0 Å². The molecule has 0 aliphatic heterocycles. The Morgan fingerprint density at radius 3 is 2.93 bits per heavy atom. The van der Waals surface area contributed by atoms with E-state index in [0.717, 1.165) is 26.9 Å². The molecule has 1 fully saturated rings. The molecule has 0 spiro atoms. The number of hydroxylamine groups is 1. The first-order valence-corrected chi connectivity index (χ1v) is 10.4. The number of aromatic nitrogens is 1. The zero-order valence-corrected chi connectivity index (χ0v) is 17.5. The Hall–Kier alpha value is -1.78. The van der Waals surface area contributed by atoms with Gasteiger partial charge in [-0.1, -0.05) is 11.3 Å². The molecule has 0 saturated heterocycles. The number of fused-ring (bicyclic) bond motifs is 1. The minimum atomic E-state index is -0.375. The van der Waals surface area contributed by atoms with E-state index < -0.39 is 0 Å². The Kier molecular flexibility index (Phi) is 5.29. The average molecular weight is 497 g/mol. The van der Waals surface area contributed by atoms with Crippen LogP contribution in [0.1, 0.15) is 28.9 Å². The fraction of sp³-hybridized carbons (Fsp3) is 0.263. The van der Waals surface area contributed by atoms with E-state index in [2.05, 4.69) is 38.4 Å². The van der Waals surface area contributed by atoms with Gasteiger partial charge in [0, 0.05) is 14.7 Å². The number of rotatable bonds is 6. The number of hydrogen-bond acceptors (Lipinski definition) is 5. The van der Waals surface area contributed by atoms with Gasteiger partial charge in [0.15, 0.2) is 0 Å². The Morgan fingerprint density at radius 2 is 2.19 bits per heavy atom. The Morgan fingerprint density at radius 1 is 1.37 bits per heavy atom. The molecular formula is C19H17FIN3O2S. The highest BCUT2D eigenvalue weighted by Crippen LogP contribution is 2.37. The summed E-state index contributed by atoms with van der Waals surface area (Å²) in [5, 5.41) is 4.31. The quantitative estimate of drug-likeness (QED) is 0.365. The number of carbonyl (C=O) groups excluding carboxylic acids is 1. The van der Waals surface area contributed by atoms with E-state index in [-0.39, 0.29) is 11.7 Å². The van der Waals surface area contributed by atoms with Crippen LogP contribution in [0, 0.1) is 22.2 Å². The standard InChI is InChI=1S/C19H17FIN3O2S/c1-10-2-6-13-16(17(25)24-26-9-11-3-4-11)19(27-18(13)22-10)23-15-7-5-12(21)8-14(15)20/h2,5-8,11,23H,3-4,9H2,1H3,(H,24,25). The molecule has 8 heteroatoms. The molecule has 0 bridgehead atoms. The molecule has 2 N–H and O–H groups in total. The normalized spacial score (nSPS) is 13.7. The Balaban J connectivity index is 1.67. The van der Waals surface area contributed by atoms with Crippen molar-refractivity contribution in [2.24, 2.45) is 5.92 Å². The lowest BCUT2D eigenvalue weighted by Gasteiger charge is -2.10. The van der Waals surface area contributed by atoms with Gasteiger partial charge in [-0.15, -0.1) is 0 Å². The van der Waals surface area contributed by atoms with E-state index >= 15 is 0 Å². The van der Waals surface area contributed by atoms with Gasteiger partial charge >= 0.3 is 0 Å². The predicted octanol–water partition coefficient (Wildman–Crippen LogP) is 5.16. The molecule has 1 aliphatic rings. The molecule has 0 atom stereocenters. The number of thiophene rings is 1. The molecule has 2 aromatic heterocycles. The van der Waals surface area contributed by atoms with Crippen LogP contribution in [-0.2, 0) is 4.84 Å². The van der Waals surface area contributed by atoms with Crippen molar-refractivity contribution in [3.05, 3.63) is 51.0 Å². The lowest BCUT2D eigenvalue weighted by molar-refractivity contribution is 0.0272. The molecule has 140 valence electrons. The second kappa shape index (κ2) is 7.69. The number of hydrogen-bond donors (Lipinski definition) is 2. The number of halogens is 2. The monoisotopic (exact) mass is 497 g/mol. The first kappa shape index (κ1) is 18.6. The summed E-state index contributed by atoms with van der Waals surface area (Å²) in [6, 6.07) is 8.62. The van der Waals surface area contributed by atoms with Crippen molar-refractivity contribution < 1.29 is 14.0 Å². The van der Waals surface area contributed by atoms with Gasteiger partial charge in [0.2, 0.25) is 0 Å². The molecule has 1 amide bonds. The molecule has 5 nitrogen and oxygen atoms in total. The van der Waals surface area contributed by atoms with Crippen LogP contribution < -0.4 is 10.8 Å². The molecule has 0 radical (unpaired) electrons. The largest absolute Gasteiger partial charge is 0.344 e. The van der Waals surface area contributed by atoms with Crippen molar-refractivity contribution in [3.8, 4) is 0 Å². The maximum Gasteiger partial charge on any atom is 0.278 e. The molecule has 3 aromatic rings. The number of pyridine rings is 1. The molecule has 1 saturated carbocycles. The van der Waals surface area contributed by atoms with Gasteiger partial charge in [0.05, 0.1) is 17.9 Å². The van der Waals surface area contributed by atoms with Crippen LogP contribution in [0.4, 0.5) is 15.1 Å². The number of benzene rings is 1. The van der Waals surface area contributed by atoms with Crippen LogP contribution in [-0.4, -0.2) is 17.5 Å². The summed E-state index contributed by atoms with van der Waals surface area (Å²) < 4.78 is 15.1. The van der Waals surface area contributed by atoms with Crippen LogP contribution >= 0.6 is 33.9 Å². The fourth-order valence-electron chi connectivity index (χ4n) is 2.66. The highest BCUT2D eigenvalue weighted by atomic mass is 127. The maximum atomic E-state index is 14.3. The summed E-state index contributed by atoms with van der Waals surface area (Å²) in [5.41, 5.74) is 4.10. The third-order valence-electron chi connectivity index (χ3n) is 4.28. The minimum Gasteiger partial charge on any atom is -0.344 e. The van der Waals surface area contributed by atoms with Crippen LogP contribution in [0.2, 0.25) is 0 Å². The van der Waals surface area contributed by atoms with Crippen molar-refractivity contribution in [2.75, 3.05) is 11.9 Å². The number of nitrogens with zero attached hydrogens (tertiary/aromatic N) is 1. The van der Waals surface area contributed by atoms with E-state index in [0.29, 0.717) is 34.2 Å². The number of nitrogens with one attached hydrogen (secondary N) is 2. The summed E-state index contributed by atoms with van der Waals surface area (Å²) in [6.45, 7) is 2.41. The van der Waals surface area contributed by atoms with Crippen molar-refractivity contribution in [3.63, 3.8) is 0 Å². The summed E-state index contributed by atoms with van der Waals surface area (Å²) in [4.78, 5) is 23.3. The molecule has 1 aliphatic carbocycles.